The van der Waals surface area contributed by atoms with E-state index in [2.05, 4.69) is 10.6 Å². The molecule has 1 aromatic carbocycles. The molecule has 0 atom stereocenters. The molecular formula is C15H18N2O2. The van der Waals surface area contributed by atoms with Gasteiger partial charge in [0.2, 0.25) is 5.91 Å². The molecule has 0 heterocycles. The maximum Gasteiger partial charge on any atom is 0.221 e. The van der Waals surface area contributed by atoms with Crippen molar-refractivity contribution < 1.29 is 9.59 Å². The van der Waals surface area contributed by atoms with Gasteiger partial charge in [0.15, 0.2) is 5.78 Å². The van der Waals surface area contributed by atoms with Crippen LogP contribution >= 0.6 is 0 Å². The van der Waals surface area contributed by atoms with Gasteiger partial charge in [-0.05, 0) is 43.5 Å². The third kappa shape index (κ3) is 3.95. The summed E-state index contributed by atoms with van der Waals surface area (Å²) in [5.74, 6) is 0.157. The lowest BCUT2D eigenvalue weighted by Gasteiger charge is -2.13. The van der Waals surface area contributed by atoms with Gasteiger partial charge >= 0.3 is 0 Å². The number of allylic oxidation sites excluding steroid dienone is 1. The second-order valence-corrected chi connectivity index (χ2v) is 4.70. The molecule has 0 saturated heterocycles. The highest BCUT2D eigenvalue weighted by molar-refractivity contribution is 5.96. The third-order valence-corrected chi connectivity index (χ3v) is 3.08. The lowest BCUT2D eigenvalue weighted by Crippen LogP contribution is -2.10. The highest BCUT2D eigenvalue weighted by Gasteiger charge is 2.14. The smallest absolute Gasteiger partial charge is 0.221 e. The summed E-state index contributed by atoms with van der Waals surface area (Å²) in [6.07, 6.45) is 5.40. The minimum Gasteiger partial charge on any atom is -0.361 e. The van der Waals surface area contributed by atoms with Crippen LogP contribution in [-0.4, -0.2) is 11.7 Å². The minimum absolute atomic E-state index is 0.0874. The average molecular weight is 258 g/mol. The Balaban J connectivity index is 1.97. The van der Waals surface area contributed by atoms with Gasteiger partial charge in [0.25, 0.3) is 0 Å². The molecule has 0 radical (unpaired) electrons. The number of hydrogen-bond acceptors (Lipinski definition) is 3. The van der Waals surface area contributed by atoms with E-state index in [1.807, 2.05) is 24.3 Å². The number of ketones is 1. The van der Waals surface area contributed by atoms with Crippen molar-refractivity contribution in [1.29, 1.82) is 0 Å². The lowest BCUT2D eigenvalue weighted by atomic mass is 9.94. The van der Waals surface area contributed by atoms with Crippen LogP contribution in [0.3, 0.4) is 0 Å². The quantitative estimate of drug-likeness (QED) is 0.819. The van der Waals surface area contributed by atoms with Crippen molar-refractivity contribution in [1.82, 2.24) is 0 Å². The number of amides is 1. The van der Waals surface area contributed by atoms with Crippen LogP contribution in [0.25, 0.3) is 0 Å². The zero-order valence-electron chi connectivity index (χ0n) is 11.0. The summed E-state index contributed by atoms with van der Waals surface area (Å²) in [7, 11) is 0. The van der Waals surface area contributed by atoms with E-state index in [4.69, 9.17) is 0 Å². The molecule has 2 N–H and O–H groups in total. The molecule has 0 spiro atoms. The SMILES string of the molecule is CC(=O)Nc1ccc(NC=C2CCCCC2=O)cc1. The van der Waals surface area contributed by atoms with Crippen LogP contribution in [0.4, 0.5) is 11.4 Å². The molecule has 2 rings (SSSR count). The standard InChI is InChI=1S/C15H18N2O2/c1-11(18)17-14-8-6-13(7-9-14)16-10-12-4-2-3-5-15(12)19/h6-10,16H,2-5H2,1H3,(H,17,18). The molecule has 0 bridgehead atoms. The van der Waals surface area contributed by atoms with E-state index in [0.717, 1.165) is 36.2 Å². The number of hydrogen-bond donors (Lipinski definition) is 2. The van der Waals surface area contributed by atoms with Crippen LogP contribution in [0.1, 0.15) is 32.6 Å². The molecule has 1 saturated carbocycles. The van der Waals surface area contributed by atoms with E-state index in [-0.39, 0.29) is 11.7 Å². The predicted molar refractivity (Wildman–Crippen MR) is 75.9 cm³/mol. The van der Waals surface area contributed by atoms with E-state index in [1.54, 1.807) is 6.20 Å². The molecule has 1 aliphatic carbocycles. The molecular weight excluding hydrogens is 240 g/mol. The highest BCUT2D eigenvalue weighted by Crippen LogP contribution is 2.20. The maximum atomic E-state index is 11.6. The van der Waals surface area contributed by atoms with Gasteiger partial charge in [-0.1, -0.05) is 0 Å². The van der Waals surface area contributed by atoms with Crippen LogP contribution in [-0.2, 0) is 9.59 Å². The van der Waals surface area contributed by atoms with Gasteiger partial charge in [-0.3, -0.25) is 9.59 Å². The first-order valence-electron chi connectivity index (χ1n) is 6.51. The molecule has 0 unspecified atom stereocenters. The summed E-state index contributed by atoms with van der Waals surface area (Å²) in [5.41, 5.74) is 2.54. The van der Waals surface area contributed by atoms with Crippen LogP contribution in [0.2, 0.25) is 0 Å². The lowest BCUT2D eigenvalue weighted by molar-refractivity contribution is -0.116. The third-order valence-electron chi connectivity index (χ3n) is 3.08. The molecule has 0 aromatic heterocycles. The summed E-state index contributed by atoms with van der Waals surface area (Å²) < 4.78 is 0. The Kier molecular flexibility index (Phi) is 4.34. The van der Waals surface area contributed by atoms with Gasteiger partial charge in [0, 0.05) is 36.5 Å². The molecule has 1 amide bonds. The van der Waals surface area contributed by atoms with Crippen molar-refractivity contribution in [3.8, 4) is 0 Å². The average Bonchev–Trinajstić information content (AvgIpc) is 2.39. The second-order valence-electron chi connectivity index (χ2n) is 4.70. The fourth-order valence-electron chi connectivity index (χ4n) is 2.08. The fourth-order valence-corrected chi connectivity index (χ4v) is 2.08. The summed E-state index contributed by atoms with van der Waals surface area (Å²) >= 11 is 0. The first-order valence-corrected chi connectivity index (χ1v) is 6.51. The van der Waals surface area contributed by atoms with E-state index >= 15 is 0 Å². The van der Waals surface area contributed by atoms with Crippen molar-refractivity contribution in [2.75, 3.05) is 10.6 Å². The van der Waals surface area contributed by atoms with E-state index in [1.165, 1.54) is 6.92 Å². The van der Waals surface area contributed by atoms with Crippen molar-refractivity contribution in [3.63, 3.8) is 0 Å². The first-order chi connectivity index (χ1) is 9.15. The number of Topliss-reactive ketones (excluding diaryl/α,β-unsaturated/α-hetero) is 1. The van der Waals surface area contributed by atoms with Crippen LogP contribution in [0.15, 0.2) is 36.0 Å². The van der Waals surface area contributed by atoms with Crippen molar-refractivity contribution in [3.05, 3.63) is 36.0 Å². The number of anilines is 2. The molecule has 4 heteroatoms. The van der Waals surface area contributed by atoms with Gasteiger partial charge in [-0.2, -0.15) is 0 Å². The summed E-state index contributed by atoms with van der Waals surface area (Å²) in [5, 5.41) is 5.84. The molecule has 1 fully saturated rings. The Morgan fingerprint density at radius 1 is 1.11 bits per heavy atom. The summed E-state index contributed by atoms with van der Waals surface area (Å²) in [4.78, 5) is 22.5. The largest absolute Gasteiger partial charge is 0.361 e. The van der Waals surface area contributed by atoms with Gasteiger partial charge in [0.1, 0.15) is 0 Å². The summed E-state index contributed by atoms with van der Waals surface area (Å²) in [6, 6.07) is 7.39. The Hall–Kier alpha value is -2.10. The number of benzene rings is 1. The number of rotatable bonds is 3. The van der Waals surface area contributed by atoms with Crippen molar-refractivity contribution in [2.24, 2.45) is 0 Å². The second kappa shape index (κ2) is 6.18. The monoisotopic (exact) mass is 258 g/mol. The molecule has 4 nitrogen and oxygen atoms in total. The Morgan fingerprint density at radius 2 is 1.74 bits per heavy atom. The van der Waals surface area contributed by atoms with Gasteiger partial charge in [-0.15, -0.1) is 0 Å². The fraction of sp³-hybridized carbons (Fsp3) is 0.333. The Morgan fingerprint density at radius 3 is 2.37 bits per heavy atom. The van der Waals surface area contributed by atoms with Crippen LogP contribution in [0.5, 0.6) is 0 Å². The minimum atomic E-state index is -0.0874. The topological polar surface area (TPSA) is 58.2 Å². The van der Waals surface area contributed by atoms with Crippen LogP contribution in [0, 0.1) is 0 Å². The number of nitrogens with one attached hydrogen (secondary N) is 2. The zero-order chi connectivity index (χ0) is 13.7. The Labute approximate surface area is 112 Å². The molecule has 0 aliphatic heterocycles. The van der Waals surface area contributed by atoms with Gasteiger partial charge in [0.05, 0.1) is 0 Å². The predicted octanol–water partition coefficient (Wildman–Crippen LogP) is 3.08. The Bertz CT molecular complexity index is 503. The van der Waals surface area contributed by atoms with Gasteiger partial charge < -0.3 is 10.6 Å². The first kappa shape index (κ1) is 13.3. The molecule has 1 aliphatic rings. The normalized spacial score (nSPS) is 17.3. The molecule has 1 aromatic rings. The maximum absolute atomic E-state index is 11.6. The molecule has 19 heavy (non-hydrogen) atoms. The van der Waals surface area contributed by atoms with Gasteiger partial charge in [-0.25, -0.2) is 0 Å². The highest BCUT2D eigenvalue weighted by atomic mass is 16.1. The molecule has 100 valence electrons. The van der Waals surface area contributed by atoms with Crippen molar-refractivity contribution >= 4 is 23.1 Å². The summed E-state index contributed by atoms with van der Waals surface area (Å²) in [6.45, 7) is 1.48. The van der Waals surface area contributed by atoms with Crippen LogP contribution < -0.4 is 10.6 Å². The zero-order valence-corrected chi connectivity index (χ0v) is 11.0. The van der Waals surface area contributed by atoms with E-state index in [9.17, 15) is 9.59 Å². The van der Waals surface area contributed by atoms with E-state index < -0.39 is 0 Å². The number of carbonyl (C=O) groups is 2. The van der Waals surface area contributed by atoms with Crippen molar-refractivity contribution in [2.45, 2.75) is 32.6 Å². The van der Waals surface area contributed by atoms with E-state index in [0.29, 0.717) is 6.42 Å². The number of carbonyl (C=O) groups excluding carboxylic acids is 2.